The van der Waals surface area contributed by atoms with Crippen molar-refractivity contribution in [1.29, 1.82) is 5.26 Å². The first-order valence-corrected chi connectivity index (χ1v) is 10.3. The van der Waals surface area contributed by atoms with Crippen molar-refractivity contribution in [2.24, 2.45) is 17.1 Å². The maximum absolute atomic E-state index is 11.1. The standard InChI is InChI=1S/C23H29N5O2/c1-23(2)12-16(5-8-20(23)29)11-19-18(13-24)14-27-22(28-19)26-10-9-15-3-6-17(7-4-15)21(25)30/h3-4,6-7,14,16,20,29H,5,8-12H2,1-2H3,(H2,25,30)(H,26,27,28)/t16-,20-/m0/s1. The van der Waals surface area contributed by atoms with Crippen molar-refractivity contribution in [2.75, 3.05) is 11.9 Å². The van der Waals surface area contributed by atoms with Crippen LogP contribution in [0.2, 0.25) is 0 Å². The van der Waals surface area contributed by atoms with Gasteiger partial charge in [0.1, 0.15) is 6.07 Å². The molecule has 4 N–H and O–H groups in total. The molecule has 1 aliphatic carbocycles. The van der Waals surface area contributed by atoms with Crippen molar-refractivity contribution >= 4 is 11.9 Å². The molecule has 0 spiro atoms. The van der Waals surface area contributed by atoms with Gasteiger partial charge in [0, 0.05) is 12.1 Å². The van der Waals surface area contributed by atoms with Crippen LogP contribution in [-0.2, 0) is 12.8 Å². The minimum Gasteiger partial charge on any atom is -0.393 e. The lowest BCUT2D eigenvalue weighted by Gasteiger charge is -2.39. The minimum absolute atomic E-state index is 0.117. The lowest BCUT2D eigenvalue weighted by molar-refractivity contribution is -0.00748. The molecule has 3 rings (SSSR count). The van der Waals surface area contributed by atoms with Crippen molar-refractivity contribution < 1.29 is 9.90 Å². The summed E-state index contributed by atoms with van der Waals surface area (Å²) >= 11 is 0. The summed E-state index contributed by atoms with van der Waals surface area (Å²) in [5.41, 5.74) is 7.98. The Balaban J connectivity index is 1.61. The summed E-state index contributed by atoms with van der Waals surface area (Å²) in [7, 11) is 0. The Morgan fingerprint density at radius 2 is 2.07 bits per heavy atom. The fourth-order valence-corrected chi connectivity index (χ4v) is 4.12. The summed E-state index contributed by atoms with van der Waals surface area (Å²) in [6.07, 6.45) is 5.39. The van der Waals surface area contributed by atoms with Crippen LogP contribution in [0.1, 0.15) is 60.3 Å². The maximum atomic E-state index is 11.1. The highest BCUT2D eigenvalue weighted by molar-refractivity contribution is 5.92. The molecule has 158 valence electrons. The highest BCUT2D eigenvalue weighted by atomic mass is 16.3. The number of nitriles is 1. The van der Waals surface area contributed by atoms with Crippen molar-refractivity contribution in [1.82, 2.24) is 9.97 Å². The fraction of sp³-hybridized carbons (Fsp3) is 0.478. The Morgan fingerprint density at radius 1 is 1.33 bits per heavy atom. The van der Waals surface area contributed by atoms with E-state index in [9.17, 15) is 15.2 Å². The Bertz CT molecular complexity index is 934. The number of anilines is 1. The van der Waals surface area contributed by atoms with Gasteiger partial charge in [0.2, 0.25) is 11.9 Å². The van der Waals surface area contributed by atoms with E-state index in [0.717, 1.165) is 36.9 Å². The molecule has 7 nitrogen and oxygen atoms in total. The van der Waals surface area contributed by atoms with E-state index in [4.69, 9.17) is 5.73 Å². The number of aliphatic hydroxyl groups is 1. The second-order valence-corrected chi connectivity index (χ2v) is 8.76. The first kappa shape index (κ1) is 21.7. The number of carbonyl (C=O) groups is 1. The van der Waals surface area contributed by atoms with E-state index >= 15 is 0 Å². The van der Waals surface area contributed by atoms with Crippen LogP contribution in [0.4, 0.5) is 5.95 Å². The maximum Gasteiger partial charge on any atom is 0.248 e. The molecule has 1 heterocycles. The van der Waals surface area contributed by atoms with Crippen molar-refractivity contribution in [2.45, 2.75) is 52.1 Å². The van der Waals surface area contributed by atoms with Crippen LogP contribution in [0.15, 0.2) is 30.5 Å². The van der Waals surface area contributed by atoms with Gasteiger partial charge < -0.3 is 16.2 Å². The number of nitrogens with zero attached hydrogens (tertiary/aromatic N) is 3. The molecule has 2 aromatic rings. The second-order valence-electron chi connectivity index (χ2n) is 8.76. The zero-order valence-corrected chi connectivity index (χ0v) is 17.6. The third-order valence-electron chi connectivity index (χ3n) is 5.97. The number of hydrogen-bond donors (Lipinski definition) is 3. The first-order valence-electron chi connectivity index (χ1n) is 10.3. The van der Waals surface area contributed by atoms with Gasteiger partial charge in [-0.15, -0.1) is 0 Å². The van der Waals surface area contributed by atoms with E-state index in [1.807, 2.05) is 12.1 Å². The molecule has 30 heavy (non-hydrogen) atoms. The van der Waals surface area contributed by atoms with Gasteiger partial charge in [0.25, 0.3) is 0 Å². The van der Waals surface area contributed by atoms with Crippen LogP contribution in [0.5, 0.6) is 0 Å². The molecule has 1 aromatic carbocycles. The SMILES string of the molecule is CC1(C)C[C@H](Cc2nc(NCCc3ccc(C(N)=O)cc3)ncc2C#N)CC[C@@H]1O. The van der Waals surface area contributed by atoms with Crippen LogP contribution >= 0.6 is 0 Å². The lowest BCUT2D eigenvalue weighted by atomic mass is 9.69. The Labute approximate surface area is 177 Å². The van der Waals surface area contributed by atoms with Gasteiger partial charge in [-0.25, -0.2) is 9.97 Å². The zero-order valence-electron chi connectivity index (χ0n) is 17.6. The molecule has 2 atom stereocenters. The van der Waals surface area contributed by atoms with Crippen LogP contribution in [0.25, 0.3) is 0 Å². The monoisotopic (exact) mass is 407 g/mol. The smallest absolute Gasteiger partial charge is 0.248 e. The molecular formula is C23H29N5O2. The van der Waals surface area contributed by atoms with Gasteiger partial charge in [-0.05, 0) is 61.1 Å². The van der Waals surface area contributed by atoms with Gasteiger partial charge in [0.15, 0.2) is 0 Å². The van der Waals surface area contributed by atoms with Crippen LogP contribution < -0.4 is 11.1 Å². The normalized spacial score (nSPS) is 20.3. The van der Waals surface area contributed by atoms with Crippen molar-refractivity contribution in [3.05, 3.63) is 52.8 Å². The van der Waals surface area contributed by atoms with Crippen LogP contribution in [0.3, 0.4) is 0 Å². The number of benzene rings is 1. The minimum atomic E-state index is -0.436. The largest absolute Gasteiger partial charge is 0.393 e. The summed E-state index contributed by atoms with van der Waals surface area (Å²) in [6.45, 7) is 4.82. The van der Waals surface area contributed by atoms with Gasteiger partial charge in [-0.1, -0.05) is 26.0 Å². The molecular weight excluding hydrogens is 378 g/mol. The van der Waals surface area contributed by atoms with Crippen molar-refractivity contribution in [3.8, 4) is 6.07 Å². The van der Waals surface area contributed by atoms with Crippen molar-refractivity contribution in [3.63, 3.8) is 0 Å². The van der Waals surface area contributed by atoms with E-state index in [0.29, 0.717) is 36.0 Å². The summed E-state index contributed by atoms with van der Waals surface area (Å²) in [5, 5.41) is 22.9. The molecule has 1 aromatic heterocycles. The highest BCUT2D eigenvalue weighted by Crippen LogP contribution is 2.40. The molecule has 7 heteroatoms. The number of aliphatic hydroxyl groups excluding tert-OH is 1. The second kappa shape index (κ2) is 9.23. The Hall–Kier alpha value is -2.98. The molecule has 0 bridgehead atoms. The highest BCUT2D eigenvalue weighted by Gasteiger charge is 2.35. The molecule has 0 radical (unpaired) electrons. The van der Waals surface area contributed by atoms with Crippen LogP contribution in [0, 0.1) is 22.7 Å². The number of amides is 1. The molecule has 0 saturated heterocycles. The molecule has 1 fully saturated rings. The summed E-state index contributed by atoms with van der Waals surface area (Å²) in [6, 6.07) is 9.40. The predicted octanol–water partition coefficient (Wildman–Crippen LogP) is 2.83. The van der Waals surface area contributed by atoms with E-state index < -0.39 is 5.91 Å². The zero-order chi connectivity index (χ0) is 21.7. The third-order valence-corrected chi connectivity index (χ3v) is 5.97. The van der Waals surface area contributed by atoms with E-state index in [-0.39, 0.29) is 11.5 Å². The molecule has 1 amide bonds. The van der Waals surface area contributed by atoms with E-state index in [1.165, 1.54) is 0 Å². The van der Waals surface area contributed by atoms with Gasteiger partial charge in [0.05, 0.1) is 23.6 Å². The number of carbonyl (C=O) groups excluding carboxylic acids is 1. The number of nitrogens with two attached hydrogens (primary N) is 1. The number of primary amides is 1. The number of rotatable bonds is 7. The van der Waals surface area contributed by atoms with Gasteiger partial charge >= 0.3 is 0 Å². The number of aromatic nitrogens is 2. The van der Waals surface area contributed by atoms with E-state index in [1.54, 1.807) is 18.3 Å². The summed E-state index contributed by atoms with van der Waals surface area (Å²) < 4.78 is 0. The molecule has 1 saturated carbocycles. The number of nitrogens with one attached hydrogen (secondary N) is 1. The third kappa shape index (κ3) is 5.33. The van der Waals surface area contributed by atoms with Crippen LogP contribution in [-0.4, -0.2) is 33.6 Å². The number of hydrogen-bond acceptors (Lipinski definition) is 6. The Morgan fingerprint density at radius 3 is 2.70 bits per heavy atom. The van der Waals surface area contributed by atoms with E-state index in [2.05, 4.69) is 35.2 Å². The quantitative estimate of drug-likeness (QED) is 0.648. The van der Waals surface area contributed by atoms with Gasteiger partial charge in [-0.2, -0.15) is 5.26 Å². The molecule has 0 unspecified atom stereocenters. The Kier molecular flexibility index (Phi) is 6.68. The summed E-state index contributed by atoms with van der Waals surface area (Å²) in [5.74, 6) is 0.462. The summed E-state index contributed by atoms with van der Waals surface area (Å²) in [4.78, 5) is 20.0. The molecule has 1 aliphatic rings. The predicted molar refractivity (Wildman–Crippen MR) is 115 cm³/mol. The average Bonchev–Trinajstić information content (AvgIpc) is 2.71. The average molecular weight is 408 g/mol. The van der Waals surface area contributed by atoms with Gasteiger partial charge in [-0.3, -0.25) is 4.79 Å². The molecule has 0 aliphatic heterocycles. The first-order chi connectivity index (χ1) is 14.3. The lowest BCUT2D eigenvalue weighted by Crippen LogP contribution is -2.37. The topological polar surface area (TPSA) is 125 Å². The fourth-order valence-electron chi connectivity index (χ4n) is 4.12.